The second-order valence-electron chi connectivity index (χ2n) is 9.89. The maximum atomic E-state index is 11.7. The third kappa shape index (κ3) is 35.2. The molecule has 0 aromatic heterocycles. The van der Waals surface area contributed by atoms with E-state index in [0.29, 0.717) is 85.7 Å². The summed E-state index contributed by atoms with van der Waals surface area (Å²) in [6.45, 7) is 11.5. The van der Waals surface area contributed by atoms with Crippen LogP contribution in [0.5, 0.6) is 0 Å². The third-order valence-electron chi connectivity index (χ3n) is 6.23. The maximum absolute atomic E-state index is 11.7. The summed E-state index contributed by atoms with van der Waals surface area (Å²) in [5.41, 5.74) is 0. The Morgan fingerprint density at radius 2 is 0.667 bits per heavy atom. The molecule has 0 aliphatic rings. The normalized spacial score (nSPS) is 11.3. The van der Waals surface area contributed by atoms with Crippen LogP contribution >= 0.6 is 0 Å². The summed E-state index contributed by atoms with van der Waals surface area (Å²) < 4.78 is 38.1. The van der Waals surface area contributed by atoms with Gasteiger partial charge in [0.15, 0.2) is 0 Å². The molecule has 0 fully saturated rings. The predicted molar refractivity (Wildman–Crippen MR) is 156 cm³/mol. The van der Waals surface area contributed by atoms with E-state index in [9.17, 15) is 4.79 Å². The fraction of sp³-hybridized carbons (Fsp3) is 0.968. The lowest BCUT2D eigenvalue weighted by Crippen LogP contribution is -2.15. The van der Waals surface area contributed by atoms with Crippen LogP contribution in [0.15, 0.2) is 0 Å². The fourth-order valence-electron chi connectivity index (χ4n) is 3.88. The highest BCUT2D eigenvalue weighted by atomic mass is 16.6. The van der Waals surface area contributed by atoms with Crippen LogP contribution in [0, 0.1) is 0 Å². The van der Waals surface area contributed by atoms with Crippen LogP contribution in [0.1, 0.15) is 110 Å². The van der Waals surface area contributed by atoms with Crippen molar-refractivity contribution in [3.05, 3.63) is 0 Å². The average Bonchev–Trinajstić information content (AvgIpc) is 2.94. The molecule has 0 aliphatic carbocycles. The lowest BCUT2D eigenvalue weighted by atomic mass is 10.1. The SMILES string of the molecule is CCCCCCCCCCCC(=O)OCCOCCOCCOCCOCCOCCOCCCCCCC. The minimum atomic E-state index is -0.125. The zero-order chi connectivity index (χ0) is 28.3. The summed E-state index contributed by atoms with van der Waals surface area (Å²) in [7, 11) is 0. The van der Waals surface area contributed by atoms with Gasteiger partial charge in [-0.3, -0.25) is 4.79 Å². The Hall–Kier alpha value is -0.770. The molecule has 0 radical (unpaired) electrons. The lowest BCUT2D eigenvalue weighted by molar-refractivity contribution is -0.145. The molecule has 234 valence electrons. The van der Waals surface area contributed by atoms with Gasteiger partial charge in [-0.15, -0.1) is 0 Å². The topological polar surface area (TPSA) is 81.7 Å². The van der Waals surface area contributed by atoms with Crippen molar-refractivity contribution in [3.8, 4) is 0 Å². The van der Waals surface area contributed by atoms with E-state index in [1.165, 1.54) is 70.6 Å². The number of ether oxygens (including phenoxy) is 7. The molecule has 0 heterocycles. The van der Waals surface area contributed by atoms with E-state index < -0.39 is 0 Å². The summed E-state index contributed by atoms with van der Waals surface area (Å²) in [4.78, 5) is 11.7. The van der Waals surface area contributed by atoms with Crippen LogP contribution in [-0.4, -0.2) is 91.9 Å². The Morgan fingerprint density at radius 1 is 0.359 bits per heavy atom. The molecule has 0 aromatic rings. The van der Waals surface area contributed by atoms with Crippen LogP contribution < -0.4 is 0 Å². The molecular formula is C31H62O8. The highest BCUT2D eigenvalue weighted by Crippen LogP contribution is 2.10. The Labute approximate surface area is 240 Å². The van der Waals surface area contributed by atoms with Gasteiger partial charge in [0.25, 0.3) is 0 Å². The van der Waals surface area contributed by atoms with E-state index in [2.05, 4.69) is 13.8 Å². The van der Waals surface area contributed by atoms with Crippen molar-refractivity contribution < 1.29 is 38.0 Å². The predicted octanol–water partition coefficient (Wildman–Crippen LogP) is 6.52. The van der Waals surface area contributed by atoms with Crippen molar-refractivity contribution in [3.63, 3.8) is 0 Å². The molecule has 8 heteroatoms. The number of carbonyl (C=O) groups excluding carboxylic acids is 1. The van der Waals surface area contributed by atoms with Crippen LogP contribution in [-0.2, 0) is 38.0 Å². The molecule has 0 aromatic carbocycles. The van der Waals surface area contributed by atoms with Crippen molar-refractivity contribution in [2.45, 2.75) is 110 Å². The first-order valence-corrected chi connectivity index (χ1v) is 15.9. The van der Waals surface area contributed by atoms with Gasteiger partial charge < -0.3 is 33.2 Å². The number of hydrogen-bond donors (Lipinski definition) is 0. The second-order valence-corrected chi connectivity index (χ2v) is 9.89. The molecule has 0 aliphatic heterocycles. The van der Waals surface area contributed by atoms with E-state index in [0.717, 1.165) is 25.9 Å². The van der Waals surface area contributed by atoms with Gasteiger partial charge in [0, 0.05) is 13.0 Å². The summed E-state index contributed by atoms with van der Waals surface area (Å²) in [6, 6.07) is 0. The summed E-state index contributed by atoms with van der Waals surface area (Å²) in [5.74, 6) is -0.125. The number of hydrogen-bond acceptors (Lipinski definition) is 8. The molecule has 0 unspecified atom stereocenters. The van der Waals surface area contributed by atoms with Crippen molar-refractivity contribution in [1.82, 2.24) is 0 Å². The van der Waals surface area contributed by atoms with Crippen LogP contribution in [0.2, 0.25) is 0 Å². The quantitative estimate of drug-likeness (QED) is 0.0648. The van der Waals surface area contributed by atoms with Gasteiger partial charge in [-0.1, -0.05) is 90.9 Å². The number of carbonyl (C=O) groups is 1. The molecule has 0 rings (SSSR count). The van der Waals surface area contributed by atoms with Crippen molar-refractivity contribution in [2.75, 3.05) is 85.9 Å². The number of rotatable bonds is 34. The highest BCUT2D eigenvalue weighted by molar-refractivity contribution is 5.69. The van der Waals surface area contributed by atoms with Crippen LogP contribution in [0.4, 0.5) is 0 Å². The van der Waals surface area contributed by atoms with Gasteiger partial charge in [0.05, 0.1) is 72.7 Å². The van der Waals surface area contributed by atoms with E-state index in [1.54, 1.807) is 0 Å². The van der Waals surface area contributed by atoms with E-state index >= 15 is 0 Å². The van der Waals surface area contributed by atoms with Crippen LogP contribution in [0.3, 0.4) is 0 Å². The van der Waals surface area contributed by atoms with Gasteiger partial charge in [-0.2, -0.15) is 0 Å². The van der Waals surface area contributed by atoms with E-state index in [-0.39, 0.29) is 5.97 Å². The van der Waals surface area contributed by atoms with Crippen molar-refractivity contribution in [2.24, 2.45) is 0 Å². The lowest BCUT2D eigenvalue weighted by Gasteiger charge is -2.08. The molecule has 8 nitrogen and oxygen atoms in total. The Balaban J connectivity index is 3.11. The fourth-order valence-corrected chi connectivity index (χ4v) is 3.88. The molecule has 0 saturated carbocycles. The van der Waals surface area contributed by atoms with E-state index in [1.807, 2.05) is 0 Å². The molecule has 0 saturated heterocycles. The first-order chi connectivity index (χ1) is 19.3. The molecule has 0 atom stereocenters. The minimum Gasteiger partial charge on any atom is -0.463 e. The number of esters is 1. The summed E-state index contributed by atoms with van der Waals surface area (Å²) in [6.07, 6.45) is 18.0. The van der Waals surface area contributed by atoms with Gasteiger partial charge in [0.2, 0.25) is 0 Å². The Bertz CT molecular complexity index is 464. The summed E-state index contributed by atoms with van der Waals surface area (Å²) >= 11 is 0. The second kappa shape index (κ2) is 35.3. The Kier molecular flexibility index (Phi) is 34.6. The van der Waals surface area contributed by atoms with Gasteiger partial charge in [-0.05, 0) is 12.8 Å². The maximum Gasteiger partial charge on any atom is 0.305 e. The highest BCUT2D eigenvalue weighted by Gasteiger charge is 2.02. The first kappa shape index (κ1) is 38.2. The molecular weight excluding hydrogens is 500 g/mol. The number of unbranched alkanes of at least 4 members (excludes halogenated alkanes) is 12. The standard InChI is InChI=1S/C31H62O8/c1-3-5-7-9-10-11-12-13-15-17-31(32)39-30-29-38-28-27-37-26-25-36-24-23-35-22-21-34-20-19-33-18-16-14-8-6-4-2/h3-30H2,1-2H3. The monoisotopic (exact) mass is 562 g/mol. The third-order valence-corrected chi connectivity index (χ3v) is 6.23. The van der Waals surface area contributed by atoms with Crippen molar-refractivity contribution >= 4 is 5.97 Å². The van der Waals surface area contributed by atoms with Gasteiger partial charge in [-0.25, -0.2) is 0 Å². The molecule has 0 N–H and O–H groups in total. The van der Waals surface area contributed by atoms with Crippen LogP contribution in [0.25, 0.3) is 0 Å². The van der Waals surface area contributed by atoms with Gasteiger partial charge in [0.1, 0.15) is 6.61 Å². The largest absolute Gasteiger partial charge is 0.463 e. The summed E-state index contributed by atoms with van der Waals surface area (Å²) in [5, 5.41) is 0. The van der Waals surface area contributed by atoms with Gasteiger partial charge >= 0.3 is 5.97 Å². The average molecular weight is 563 g/mol. The van der Waals surface area contributed by atoms with Crippen molar-refractivity contribution in [1.29, 1.82) is 0 Å². The minimum absolute atomic E-state index is 0.125. The first-order valence-electron chi connectivity index (χ1n) is 15.9. The molecule has 39 heavy (non-hydrogen) atoms. The molecule has 0 spiro atoms. The smallest absolute Gasteiger partial charge is 0.305 e. The molecule has 0 amide bonds. The molecule has 0 bridgehead atoms. The Morgan fingerprint density at radius 3 is 1.08 bits per heavy atom. The van der Waals surface area contributed by atoms with E-state index in [4.69, 9.17) is 33.2 Å². The zero-order valence-corrected chi connectivity index (χ0v) is 25.6. The zero-order valence-electron chi connectivity index (χ0n) is 25.6.